The van der Waals surface area contributed by atoms with Crippen molar-refractivity contribution in [1.29, 1.82) is 0 Å². The standard InChI is InChI=1S/C17H15Cl2NO5/c18-11-1-4-13(5-2-11)24-8-7-20-16(22)10-25-17(23)14-6-3-12(19)9-15(14)21/h1-6,9,21H,7-8,10H2,(H,20,22). The molecule has 25 heavy (non-hydrogen) atoms. The zero-order chi connectivity index (χ0) is 18.2. The summed E-state index contributed by atoms with van der Waals surface area (Å²) in [5.41, 5.74) is -0.0664. The van der Waals surface area contributed by atoms with Crippen LogP contribution in [0, 0.1) is 0 Å². The number of halogens is 2. The normalized spacial score (nSPS) is 10.2. The molecule has 0 atom stereocenters. The molecule has 0 heterocycles. The number of ether oxygens (including phenoxy) is 2. The minimum Gasteiger partial charge on any atom is -0.507 e. The molecule has 0 spiro atoms. The van der Waals surface area contributed by atoms with Crippen LogP contribution in [-0.4, -0.2) is 36.7 Å². The number of phenols is 1. The molecular formula is C17H15Cl2NO5. The SMILES string of the molecule is O=C(COC(=O)c1ccc(Cl)cc1O)NCCOc1ccc(Cl)cc1. The lowest BCUT2D eigenvalue weighted by Crippen LogP contribution is -2.32. The minimum atomic E-state index is -0.818. The van der Waals surface area contributed by atoms with E-state index in [0.29, 0.717) is 10.8 Å². The van der Waals surface area contributed by atoms with E-state index >= 15 is 0 Å². The molecule has 6 nitrogen and oxygen atoms in total. The molecule has 0 aromatic heterocycles. The van der Waals surface area contributed by atoms with Crippen molar-refractivity contribution < 1.29 is 24.2 Å². The highest BCUT2D eigenvalue weighted by Crippen LogP contribution is 2.22. The Morgan fingerprint density at radius 2 is 1.72 bits per heavy atom. The third-order valence-electron chi connectivity index (χ3n) is 3.02. The van der Waals surface area contributed by atoms with Gasteiger partial charge in [-0.05, 0) is 42.5 Å². The summed E-state index contributed by atoms with van der Waals surface area (Å²) in [6.45, 7) is 0.0202. The molecule has 0 fully saturated rings. The van der Waals surface area contributed by atoms with Crippen LogP contribution < -0.4 is 10.1 Å². The number of esters is 1. The van der Waals surface area contributed by atoms with Gasteiger partial charge in [0.2, 0.25) is 0 Å². The van der Waals surface area contributed by atoms with Crippen molar-refractivity contribution in [2.75, 3.05) is 19.8 Å². The largest absolute Gasteiger partial charge is 0.507 e. The van der Waals surface area contributed by atoms with Crippen LogP contribution in [0.1, 0.15) is 10.4 Å². The van der Waals surface area contributed by atoms with E-state index in [1.165, 1.54) is 18.2 Å². The molecule has 132 valence electrons. The van der Waals surface area contributed by atoms with Gasteiger partial charge in [0.05, 0.1) is 6.54 Å². The van der Waals surface area contributed by atoms with Gasteiger partial charge in [0.25, 0.3) is 5.91 Å². The lowest BCUT2D eigenvalue weighted by atomic mass is 10.2. The third kappa shape index (κ3) is 6.17. The van der Waals surface area contributed by atoms with Gasteiger partial charge in [-0.2, -0.15) is 0 Å². The maximum atomic E-state index is 11.8. The van der Waals surface area contributed by atoms with Gasteiger partial charge < -0.3 is 19.9 Å². The van der Waals surface area contributed by atoms with Crippen LogP contribution in [0.25, 0.3) is 0 Å². The second kappa shape index (κ2) is 9.15. The summed E-state index contributed by atoms with van der Waals surface area (Å²) in [5.74, 6) is -0.985. The summed E-state index contributed by atoms with van der Waals surface area (Å²) in [6, 6.07) is 10.8. The van der Waals surface area contributed by atoms with Gasteiger partial charge in [0, 0.05) is 10.0 Å². The molecule has 8 heteroatoms. The van der Waals surface area contributed by atoms with E-state index in [2.05, 4.69) is 5.32 Å². The van der Waals surface area contributed by atoms with E-state index in [1.807, 2.05) is 0 Å². The highest BCUT2D eigenvalue weighted by molar-refractivity contribution is 6.31. The van der Waals surface area contributed by atoms with Gasteiger partial charge in [-0.1, -0.05) is 23.2 Å². The number of aromatic hydroxyl groups is 1. The second-order valence-corrected chi connectivity index (χ2v) is 5.76. The molecule has 0 unspecified atom stereocenters. The molecule has 0 aliphatic heterocycles. The number of rotatable bonds is 7. The Hall–Kier alpha value is -2.44. The molecular weight excluding hydrogens is 369 g/mol. The first-order chi connectivity index (χ1) is 12.0. The lowest BCUT2D eigenvalue weighted by molar-refractivity contribution is -0.124. The second-order valence-electron chi connectivity index (χ2n) is 4.89. The van der Waals surface area contributed by atoms with Crippen molar-refractivity contribution >= 4 is 35.1 Å². The Morgan fingerprint density at radius 3 is 2.40 bits per heavy atom. The Morgan fingerprint density at radius 1 is 1.04 bits per heavy atom. The first-order valence-electron chi connectivity index (χ1n) is 7.26. The lowest BCUT2D eigenvalue weighted by Gasteiger charge is -2.09. The van der Waals surface area contributed by atoms with Crippen LogP contribution in [0.2, 0.25) is 10.0 Å². The highest BCUT2D eigenvalue weighted by atomic mass is 35.5. The fourth-order valence-electron chi connectivity index (χ4n) is 1.83. The number of hydrogen-bond donors (Lipinski definition) is 2. The molecule has 2 aromatic rings. The number of benzene rings is 2. The number of hydrogen-bond acceptors (Lipinski definition) is 5. The summed E-state index contributed by atoms with van der Waals surface area (Å²) in [4.78, 5) is 23.4. The van der Waals surface area contributed by atoms with E-state index in [4.69, 9.17) is 32.7 Å². The van der Waals surface area contributed by atoms with Crippen molar-refractivity contribution in [3.8, 4) is 11.5 Å². The zero-order valence-electron chi connectivity index (χ0n) is 13.0. The zero-order valence-corrected chi connectivity index (χ0v) is 14.5. The van der Waals surface area contributed by atoms with E-state index < -0.39 is 18.5 Å². The Bertz CT molecular complexity index is 749. The summed E-state index contributed by atoms with van der Waals surface area (Å²) in [7, 11) is 0. The maximum Gasteiger partial charge on any atom is 0.342 e. The van der Waals surface area contributed by atoms with Crippen LogP contribution in [0.3, 0.4) is 0 Å². The smallest absolute Gasteiger partial charge is 0.342 e. The van der Waals surface area contributed by atoms with Gasteiger partial charge in [-0.15, -0.1) is 0 Å². The average Bonchev–Trinajstić information content (AvgIpc) is 2.58. The summed E-state index contributed by atoms with van der Waals surface area (Å²) in [6.07, 6.45) is 0. The predicted octanol–water partition coefficient (Wildman–Crippen LogP) is 3.05. The van der Waals surface area contributed by atoms with Gasteiger partial charge >= 0.3 is 5.97 Å². The Kier molecular flexibility index (Phi) is 6.91. The molecule has 0 bridgehead atoms. The topological polar surface area (TPSA) is 84.9 Å². The van der Waals surface area contributed by atoms with Gasteiger partial charge in [-0.3, -0.25) is 4.79 Å². The predicted molar refractivity (Wildman–Crippen MR) is 93.4 cm³/mol. The van der Waals surface area contributed by atoms with Gasteiger partial charge in [0.15, 0.2) is 6.61 Å². The molecule has 2 rings (SSSR count). The Balaban J connectivity index is 1.68. The van der Waals surface area contributed by atoms with E-state index in [-0.39, 0.29) is 29.5 Å². The molecule has 0 aliphatic carbocycles. The quantitative estimate of drug-likeness (QED) is 0.566. The van der Waals surface area contributed by atoms with Crippen LogP contribution in [0.5, 0.6) is 11.5 Å². The molecule has 1 amide bonds. The number of phenolic OH excluding ortho intramolecular Hbond substituents is 1. The van der Waals surface area contributed by atoms with Crippen LogP contribution >= 0.6 is 23.2 Å². The number of amides is 1. The number of nitrogens with one attached hydrogen (secondary N) is 1. The van der Waals surface area contributed by atoms with Crippen molar-refractivity contribution in [2.24, 2.45) is 0 Å². The first kappa shape index (κ1) is 18.9. The first-order valence-corrected chi connectivity index (χ1v) is 8.02. The molecule has 2 N–H and O–H groups in total. The van der Waals surface area contributed by atoms with Crippen molar-refractivity contribution in [3.63, 3.8) is 0 Å². The summed E-state index contributed by atoms with van der Waals surface area (Å²) in [5, 5.41) is 13.0. The fraction of sp³-hybridized carbons (Fsp3) is 0.176. The Labute approximate surface area is 154 Å². The average molecular weight is 384 g/mol. The molecule has 0 saturated heterocycles. The van der Waals surface area contributed by atoms with Crippen molar-refractivity contribution in [1.82, 2.24) is 5.32 Å². The maximum absolute atomic E-state index is 11.8. The number of carbonyl (C=O) groups is 2. The van der Waals surface area contributed by atoms with E-state index in [1.54, 1.807) is 24.3 Å². The summed E-state index contributed by atoms with van der Waals surface area (Å²) < 4.78 is 10.2. The monoisotopic (exact) mass is 383 g/mol. The van der Waals surface area contributed by atoms with Gasteiger partial charge in [-0.25, -0.2) is 4.79 Å². The molecule has 2 aromatic carbocycles. The van der Waals surface area contributed by atoms with Crippen LogP contribution in [0.4, 0.5) is 0 Å². The highest BCUT2D eigenvalue weighted by Gasteiger charge is 2.14. The van der Waals surface area contributed by atoms with E-state index in [0.717, 1.165) is 0 Å². The number of carbonyl (C=O) groups excluding carboxylic acids is 2. The fourth-order valence-corrected chi connectivity index (χ4v) is 2.12. The minimum absolute atomic E-state index is 0.0664. The summed E-state index contributed by atoms with van der Waals surface area (Å²) >= 11 is 11.4. The molecule has 0 radical (unpaired) electrons. The van der Waals surface area contributed by atoms with Crippen LogP contribution in [0.15, 0.2) is 42.5 Å². The van der Waals surface area contributed by atoms with Gasteiger partial charge in [0.1, 0.15) is 23.7 Å². The van der Waals surface area contributed by atoms with Crippen molar-refractivity contribution in [2.45, 2.75) is 0 Å². The molecule has 0 saturated carbocycles. The third-order valence-corrected chi connectivity index (χ3v) is 3.51. The van der Waals surface area contributed by atoms with E-state index in [9.17, 15) is 14.7 Å². The van der Waals surface area contributed by atoms with Crippen LogP contribution in [-0.2, 0) is 9.53 Å². The van der Waals surface area contributed by atoms with Crippen molar-refractivity contribution in [3.05, 3.63) is 58.1 Å². The molecule has 0 aliphatic rings.